The molecule has 0 saturated carbocycles. The maximum atomic E-state index is 9.25. The molecule has 1 radical (unpaired) electrons. The minimum absolute atomic E-state index is 0.798. The first kappa shape index (κ1) is 63.4. The Morgan fingerprint density at radius 2 is 0.600 bits per heavy atom. The number of benzene rings is 12. The van der Waals surface area contributed by atoms with Gasteiger partial charge in [0.05, 0.1) is 44.1 Å². The number of pyridine rings is 4. The van der Waals surface area contributed by atoms with Crippen LogP contribution in [-0.4, -0.2) is 50.7 Å². The van der Waals surface area contributed by atoms with Crippen molar-refractivity contribution in [1.29, 1.82) is 0 Å². The third-order valence-corrected chi connectivity index (χ3v) is 19.9. The first-order valence-electron chi connectivity index (χ1n) is 35.2. The van der Waals surface area contributed by atoms with Gasteiger partial charge in [-0.05, 0) is 174 Å². The van der Waals surface area contributed by atoms with Gasteiger partial charge in [0, 0.05) is 78.6 Å². The molecule has 0 fully saturated rings. The molecule has 0 atom stereocenters. The van der Waals surface area contributed by atoms with Gasteiger partial charge in [0.15, 0.2) is 0 Å². The molecule has 1 aliphatic rings. The van der Waals surface area contributed by atoms with Crippen LogP contribution in [0.25, 0.3) is 155 Å². The summed E-state index contributed by atoms with van der Waals surface area (Å²) in [6.45, 7) is 2.13. The van der Waals surface area contributed by atoms with Crippen molar-refractivity contribution in [2.24, 2.45) is 0 Å². The van der Waals surface area contributed by atoms with Gasteiger partial charge in [-0.2, -0.15) is 0 Å². The SMILES string of the molecule is Cc1ccc2c(c1)c1ccccc1n2-c1ccccn1.O[B]c1ccc2c(c1)c1ccccc1n2-c1ccccn1.c1ccc(-n2c3ccccc3c3cc(-c4ccc5oc6ccccc6c5c4)ccc32)nc1.c1ccc(-n2c3ccccc3c3ccccc32)nc1.c1ccc2c(c1)Cc1ccccc1-2. The molecule has 0 spiro atoms. The maximum Gasteiger partial charge on any atom is 0.326 e. The van der Waals surface area contributed by atoms with E-state index in [1.807, 2.05) is 128 Å². The molecule has 0 amide bonds. The molecule has 22 rings (SSSR count). The van der Waals surface area contributed by atoms with Gasteiger partial charge in [-0.15, -0.1) is 0 Å². The molecule has 0 aliphatic heterocycles. The minimum Gasteiger partial charge on any atom is -0.456 e. The van der Waals surface area contributed by atoms with Crippen molar-refractivity contribution in [3.63, 3.8) is 0 Å². The third kappa shape index (κ3) is 11.8. The molecule has 11 heteroatoms. The number of fused-ring (bicyclic) bond motifs is 18. The van der Waals surface area contributed by atoms with Gasteiger partial charge in [0.25, 0.3) is 0 Å². The topological polar surface area (TPSA) is 105 Å². The molecule has 21 aromatic rings. The number of aromatic nitrogens is 8. The van der Waals surface area contributed by atoms with Crippen LogP contribution in [0.15, 0.2) is 369 Å². The van der Waals surface area contributed by atoms with Gasteiger partial charge in [-0.25, -0.2) is 19.9 Å². The molecule has 0 saturated heterocycles. The first-order chi connectivity index (χ1) is 52.0. The minimum atomic E-state index is 0.798. The van der Waals surface area contributed by atoms with Crippen LogP contribution in [0.2, 0.25) is 0 Å². The van der Waals surface area contributed by atoms with Crippen molar-refractivity contribution in [2.75, 3.05) is 0 Å². The van der Waals surface area contributed by atoms with E-state index in [0.717, 1.165) is 97.4 Å². The fourth-order valence-electron chi connectivity index (χ4n) is 15.1. The summed E-state index contributed by atoms with van der Waals surface area (Å²) in [6, 6.07) is 117. The number of para-hydroxylation sites is 6. The molecule has 105 heavy (non-hydrogen) atoms. The fourth-order valence-corrected chi connectivity index (χ4v) is 15.1. The van der Waals surface area contributed by atoms with E-state index < -0.39 is 0 Å². The summed E-state index contributed by atoms with van der Waals surface area (Å²) in [5.74, 6) is 3.74. The Morgan fingerprint density at radius 3 is 1.04 bits per heavy atom. The average Bonchev–Trinajstić information content (AvgIpc) is 1.63. The lowest BCUT2D eigenvalue weighted by atomic mass is 9.88. The second-order valence-electron chi connectivity index (χ2n) is 26.1. The molecule has 9 heterocycles. The van der Waals surface area contributed by atoms with Crippen LogP contribution in [0, 0.1) is 6.92 Å². The molecular weight excluding hydrogens is 1280 g/mol. The quantitative estimate of drug-likeness (QED) is 0.166. The average molecular weight is 1350 g/mol. The summed E-state index contributed by atoms with van der Waals surface area (Å²) in [4.78, 5) is 18.1. The highest BCUT2D eigenvalue weighted by molar-refractivity contribution is 6.46. The van der Waals surface area contributed by atoms with E-state index in [0.29, 0.717) is 0 Å². The van der Waals surface area contributed by atoms with E-state index in [4.69, 9.17) is 4.42 Å². The van der Waals surface area contributed by atoms with Crippen LogP contribution in [0.3, 0.4) is 0 Å². The zero-order chi connectivity index (χ0) is 70.2. The van der Waals surface area contributed by atoms with Gasteiger partial charge < -0.3 is 9.44 Å². The lowest BCUT2D eigenvalue weighted by molar-refractivity contribution is 0.615. The maximum absolute atomic E-state index is 9.25. The van der Waals surface area contributed by atoms with E-state index in [-0.39, 0.29) is 0 Å². The summed E-state index contributed by atoms with van der Waals surface area (Å²) < 4.78 is 14.8. The second kappa shape index (κ2) is 27.7. The van der Waals surface area contributed by atoms with E-state index in [1.54, 1.807) is 6.20 Å². The molecule has 1 N–H and O–H groups in total. The van der Waals surface area contributed by atoms with E-state index in [1.165, 1.54) is 93.3 Å². The highest BCUT2D eigenvalue weighted by atomic mass is 16.3. The molecule has 0 unspecified atom stereocenters. The lowest BCUT2D eigenvalue weighted by Gasteiger charge is -2.07. The Morgan fingerprint density at radius 1 is 0.276 bits per heavy atom. The van der Waals surface area contributed by atoms with E-state index in [9.17, 15) is 5.02 Å². The van der Waals surface area contributed by atoms with Crippen molar-refractivity contribution in [3.05, 3.63) is 381 Å². The van der Waals surface area contributed by atoms with E-state index >= 15 is 0 Å². The lowest BCUT2D eigenvalue weighted by Crippen LogP contribution is -2.12. The Kier molecular flexibility index (Phi) is 16.7. The number of hydrogen-bond donors (Lipinski definition) is 1. The van der Waals surface area contributed by atoms with Crippen molar-refractivity contribution < 1.29 is 9.44 Å². The number of nitrogens with zero attached hydrogens (tertiary/aromatic N) is 8. The van der Waals surface area contributed by atoms with Crippen molar-refractivity contribution in [3.8, 4) is 45.5 Å². The second-order valence-corrected chi connectivity index (χ2v) is 26.1. The Balaban J connectivity index is 0.0000000960. The molecule has 12 aromatic carbocycles. The normalized spacial score (nSPS) is 11.5. The zero-order valence-electron chi connectivity index (χ0n) is 57.4. The van der Waals surface area contributed by atoms with Crippen LogP contribution < -0.4 is 5.46 Å². The molecule has 9 aromatic heterocycles. The van der Waals surface area contributed by atoms with Crippen molar-refractivity contribution in [2.45, 2.75) is 13.3 Å². The van der Waals surface area contributed by atoms with Crippen LogP contribution in [0.1, 0.15) is 16.7 Å². The fraction of sp³-hybridized carbons (Fsp3) is 0.0213. The van der Waals surface area contributed by atoms with E-state index in [2.05, 4.69) is 276 Å². The number of aryl methyl sites for hydroxylation is 1. The van der Waals surface area contributed by atoms with Crippen molar-refractivity contribution in [1.82, 2.24) is 38.2 Å². The standard InChI is InChI=1S/C29H18N2O.C18H14N2.C17H12BN2O.C17H12N2.C13H10/c1-3-9-25-21(7-1)23-17-19(12-14-26(23)31(25)29-11-5-6-16-30-29)20-13-15-28-24(18-20)22-8-2-4-10-27(22)32-28;1-13-9-10-17-15(12-13)14-6-2-3-7-16(14)20(17)18-8-4-5-11-19-18;21-18-12-8-9-16-14(11-12)13-5-1-2-6-15(13)20(16)17-7-3-4-10-19-17;1-3-9-15-13(7-1)14-8-2-4-10-16(14)19(15)17-11-5-6-12-18-17;1-3-7-12-10(5-1)9-11-6-2-4-8-13(11)12/h1-18H;2-12H,1H3;1-11,21H;1-12H;1-8H,9H2. The zero-order valence-corrected chi connectivity index (χ0v) is 57.4. The molecular formula is C94H66BN8O2. The summed E-state index contributed by atoms with van der Waals surface area (Å²) in [6.07, 6.45) is 8.41. The van der Waals surface area contributed by atoms with Crippen LogP contribution in [0.4, 0.5) is 0 Å². The number of rotatable bonds is 6. The Hall–Kier alpha value is -13.7. The molecule has 497 valence electrons. The van der Waals surface area contributed by atoms with Crippen LogP contribution in [0.5, 0.6) is 0 Å². The smallest absolute Gasteiger partial charge is 0.326 e. The summed E-state index contributed by atoms with van der Waals surface area (Å²) in [5.41, 5.74) is 21.4. The van der Waals surface area contributed by atoms with Gasteiger partial charge in [-0.1, -0.05) is 223 Å². The third-order valence-electron chi connectivity index (χ3n) is 19.9. The Labute approximate surface area is 606 Å². The molecule has 10 nitrogen and oxygen atoms in total. The van der Waals surface area contributed by atoms with Gasteiger partial charge in [0.2, 0.25) is 0 Å². The monoisotopic (exact) mass is 1350 g/mol. The first-order valence-corrected chi connectivity index (χ1v) is 35.2. The largest absolute Gasteiger partial charge is 0.456 e. The van der Waals surface area contributed by atoms with Gasteiger partial charge in [0.1, 0.15) is 34.4 Å². The highest BCUT2D eigenvalue weighted by Gasteiger charge is 2.20. The molecule has 0 bridgehead atoms. The molecule has 1 aliphatic carbocycles. The Bertz CT molecular complexity index is 6660. The predicted octanol–water partition coefficient (Wildman–Crippen LogP) is 22.1. The highest BCUT2D eigenvalue weighted by Crippen LogP contribution is 2.40. The summed E-state index contributed by atoms with van der Waals surface area (Å²) >= 11 is 0. The van der Waals surface area contributed by atoms with Crippen LogP contribution >= 0.6 is 0 Å². The predicted molar refractivity (Wildman–Crippen MR) is 434 cm³/mol. The summed E-state index contributed by atoms with van der Waals surface area (Å²) in [5, 5.41) is 21.4. The summed E-state index contributed by atoms with van der Waals surface area (Å²) in [7, 11) is 1.13. The van der Waals surface area contributed by atoms with Crippen molar-refractivity contribution >= 4 is 122 Å². The van der Waals surface area contributed by atoms with Gasteiger partial charge >= 0.3 is 7.48 Å². The number of hydrogen-bond acceptors (Lipinski definition) is 6. The van der Waals surface area contributed by atoms with Crippen LogP contribution in [-0.2, 0) is 6.42 Å². The van der Waals surface area contributed by atoms with Gasteiger partial charge in [-0.3, -0.25) is 18.3 Å². The number of furan rings is 1.